The lowest BCUT2D eigenvalue weighted by molar-refractivity contribution is -0.117. The number of carbonyl (C=O) groups is 1. The molecule has 11 heavy (non-hydrogen) atoms. The lowest BCUT2D eigenvalue weighted by Gasteiger charge is -1.80. The van der Waals surface area contributed by atoms with Gasteiger partial charge in [-0.1, -0.05) is 34.6 Å². The molecule has 0 aliphatic heterocycles. The number of carbonyl (C=O) groups excluding carboxylic acids is 1. The summed E-state index contributed by atoms with van der Waals surface area (Å²) in [4.78, 5) is 10.0. The first-order valence-corrected chi connectivity index (χ1v) is 4.26. The zero-order valence-corrected chi connectivity index (χ0v) is 8.90. The Balaban J connectivity index is -0.0000000428. The first-order chi connectivity index (χ1) is 4.77. The van der Waals surface area contributed by atoms with Crippen molar-refractivity contribution in [2.45, 2.75) is 54.4 Å². The van der Waals surface area contributed by atoms with Gasteiger partial charge in [0.25, 0.3) is 0 Å². The summed E-state index contributed by atoms with van der Waals surface area (Å²) in [6, 6.07) is 0. The van der Waals surface area contributed by atoms with Gasteiger partial charge in [0.2, 0.25) is 0 Å². The molecule has 0 heterocycles. The van der Waals surface area contributed by atoms with Gasteiger partial charge in [-0.3, -0.25) is 0 Å². The Bertz CT molecular complexity index is 53.5. The zero-order valence-electron chi connectivity index (χ0n) is 8.90. The zero-order chi connectivity index (χ0) is 8.99. The minimum atomic E-state index is 0. The van der Waals surface area contributed by atoms with Crippen molar-refractivity contribution >= 4 is 14.2 Å². The highest BCUT2D eigenvalue weighted by atomic mass is 16.1. The van der Waals surface area contributed by atoms with Crippen LogP contribution in [0.1, 0.15) is 54.4 Å². The molecule has 0 saturated heterocycles. The van der Waals surface area contributed by atoms with Gasteiger partial charge in [0, 0.05) is 14.8 Å². The Morgan fingerprint density at radius 3 is 1.36 bits per heavy atom. The molecule has 0 atom stereocenters. The first kappa shape index (κ1) is 22.4. The third-order valence-electron chi connectivity index (χ3n) is 0.602. The lowest BCUT2D eigenvalue weighted by Crippen LogP contribution is -1.84. The van der Waals surface area contributed by atoms with Crippen LogP contribution in [0.25, 0.3) is 0 Å². The van der Waals surface area contributed by atoms with Crippen LogP contribution >= 0.6 is 0 Å². The van der Waals surface area contributed by atoms with Crippen molar-refractivity contribution in [2.75, 3.05) is 0 Å². The number of ketones is 1. The molecule has 0 aromatic carbocycles. The molecule has 0 bridgehead atoms. The van der Waals surface area contributed by atoms with Gasteiger partial charge in [-0.25, -0.2) is 0 Å². The average molecular weight is 157 g/mol. The van der Waals surface area contributed by atoms with Gasteiger partial charge in [0.15, 0.2) is 0 Å². The maximum Gasteiger partial charge on any atom is 0.129 e. The normalized spacial score (nSPS) is 5.64. The Hall–Kier alpha value is -0.265. The topological polar surface area (TPSA) is 17.1 Å². The van der Waals surface area contributed by atoms with E-state index in [4.69, 9.17) is 0 Å². The molecule has 1 nitrogen and oxygen atoms in total. The van der Waals surface area contributed by atoms with Crippen molar-refractivity contribution in [1.82, 2.24) is 0 Å². The predicted molar refractivity (Wildman–Crippen MR) is 54.0 cm³/mol. The molecule has 67 valence electrons. The molecular formula is C9H22BO. The summed E-state index contributed by atoms with van der Waals surface area (Å²) in [7, 11) is 0. The first-order valence-electron chi connectivity index (χ1n) is 4.26. The Morgan fingerprint density at radius 1 is 1.09 bits per heavy atom. The van der Waals surface area contributed by atoms with Crippen LogP contribution in [0.4, 0.5) is 0 Å². The summed E-state index contributed by atoms with van der Waals surface area (Å²) in [5.74, 6) is 0.289. The fourth-order valence-corrected chi connectivity index (χ4v) is 0.352. The van der Waals surface area contributed by atoms with E-state index in [2.05, 4.69) is 0 Å². The quantitative estimate of drug-likeness (QED) is 0.563. The minimum Gasteiger partial charge on any atom is -0.300 e. The monoisotopic (exact) mass is 157 g/mol. The molecule has 0 amide bonds. The second-order valence-electron chi connectivity index (χ2n) is 1.45. The van der Waals surface area contributed by atoms with E-state index in [1.165, 1.54) is 0 Å². The van der Waals surface area contributed by atoms with E-state index < -0.39 is 0 Å². The summed E-state index contributed by atoms with van der Waals surface area (Å²) < 4.78 is 0. The van der Waals surface area contributed by atoms with Crippen molar-refractivity contribution < 1.29 is 4.79 Å². The summed E-state index contributed by atoms with van der Waals surface area (Å²) in [6.45, 7) is 11.6. The van der Waals surface area contributed by atoms with Crippen LogP contribution in [-0.4, -0.2) is 14.2 Å². The minimum absolute atomic E-state index is 0. The number of rotatable bonds is 2. The smallest absolute Gasteiger partial charge is 0.129 e. The molecule has 0 aromatic heterocycles. The van der Waals surface area contributed by atoms with Gasteiger partial charge in [0.05, 0.1) is 0 Å². The van der Waals surface area contributed by atoms with Crippen LogP contribution in [-0.2, 0) is 4.79 Å². The Kier molecular flexibility index (Phi) is 67.6. The Labute approximate surface area is 74.2 Å². The largest absolute Gasteiger partial charge is 0.300 e. The predicted octanol–water partition coefficient (Wildman–Crippen LogP) is 3.05. The highest BCUT2D eigenvalue weighted by molar-refractivity contribution is 5.75. The van der Waals surface area contributed by atoms with Crippen molar-refractivity contribution in [2.24, 2.45) is 0 Å². The lowest BCUT2D eigenvalue weighted by atomic mass is 10.3. The highest BCUT2D eigenvalue weighted by Crippen LogP contribution is 1.84. The number of Topliss-reactive ketones (excluding diaryl/α,β-unsaturated/α-hetero) is 1. The second-order valence-corrected chi connectivity index (χ2v) is 1.45. The van der Waals surface area contributed by atoms with Crippen LogP contribution in [0.15, 0.2) is 0 Å². The van der Waals surface area contributed by atoms with Gasteiger partial charge >= 0.3 is 0 Å². The maximum atomic E-state index is 10.0. The van der Waals surface area contributed by atoms with Crippen LogP contribution in [0.2, 0.25) is 0 Å². The third kappa shape index (κ3) is 77.9. The maximum absolute atomic E-state index is 10.0. The second kappa shape index (κ2) is 33.1. The van der Waals surface area contributed by atoms with Crippen molar-refractivity contribution in [1.29, 1.82) is 0 Å². The van der Waals surface area contributed by atoms with Crippen LogP contribution in [0, 0.1) is 0 Å². The molecule has 0 fully saturated rings. The third-order valence-corrected chi connectivity index (χ3v) is 0.602. The van der Waals surface area contributed by atoms with Gasteiger partial charge < -0.3 is 4.79 Å². The van der Waals surface area contributed by atoms with E-state index >= 15 is 0 Å². The molecule has 0 N–H and O–H groups in total. The number of hydrogen-bond acceptors (Lipinski definition) is 1. The van der Waals surface area contributed by atoms with Crippen molar-refractivity contribution in [3.63, 3.8) is 0 Å². The summed E-state index contributed by atoms with van der Waals surface area (Å²) in [5, 5.41) is 0. The van der Waals surface area contributed by atoms with E-state index in [1.54, 1.807) is 6.92 Å². The van der Waals surface area contributed by atoms with E-state index in [0.717, 1.165) is 12.8 Å². The molecule has 0 aliphatic rings. The van der Waals surface area contributed by atoms with E-state index in [1.807, 2.05) is 34.6 Å². The fourth-order valence-electron chi connectivity index (χ4n) is 0.352. The standard InChI is InChI=1S/C5H10O.2C2H6.B/c1-3-4-5(2)6;2*1-2;/h3-4H2,1-2H3;2*1-2H3;. The van der Waals surface area contributed by atoms with Crippen molar-refractivity contribution in [3.05, 3.63) is 0 Å². The summed E-state index contributed by atoms with van der Waals surface area (Å²) >= 11 is 0. The van der Waals surface area contributed by atoms with E-state index in [9.17, 15) is 4.79 Å². The van der Waals surface area contributed by atoms with Crippen LogP contribution < -0.4 is 0 Å². The summed E-state index contributed by atoms with van der Waals surface area (Å²) in [5.41, 5.74) is 0. The summed E-state index contributed by atoms with van der Waals surface area (Å²) in [6.07, 6.45) is 1.72. The van der Waals surface area contributed by atoms with E-state index in [-0.39, 0.29) is 14.2 Å². The van der Waals surface area contributed by atoms with Crippen molar-refractivity contribution in [3.8, 4) is 0 Å². The molecule has 0 spiro atoms. The Morgan fingerprint density at radius 2 is 1.36 bits per heavy atom. The SMILES string of the molecule is CC.CC.CCCC(C)=O.[B]. The molecule has 2 heteroatoms. The van der Waals surface area contributed by atoms with Gasteiger partial charge in [-0.2, -0.15) is 0 Å². The van der Waals surface area contributed by atoms with Crippen LogP contribution in [0.5, 0.6) is 0 Å². The van der Waals surface area contributed by atoms with Gasteiger partial charge in [-0.15, -0.1) is 0 Å². The molecule has 3 radical (unpaired) electrons. The average Bonchev–Trinajstić information content (AvgIpc) is 1.96. The molecular weight excluding hydrogens is 135 g/mol. The van der Waals surface area contributed by atoms with Crippen LogP contribution in [0.3, 0.4) is 0 Å². The molecule has 0 unspecified atom stereocenters. The molecule has 0 saturated carbocycles. The molecule has 0 aliphatic carbocycles. The van der Waals surface area contributed by atoms with Gasteiger partial charge in [-0.05, 0) is 13.3 Å². The van der Waals surface area contributed by atoms with Gasteiger partial charge in [0.1, 0.15) is 5.78 Å². The highest BCUT2D eigenvalue weighted by Gasteiger charge is 1.83. The fraction of sp³-hybridized carbons (Fsp3) is 0.889. The van der Waals surface area contributed by atoms with E-state index in [0.29, 0.717) is 0 Å². The molecule has 0 rings (SSSR count). The number of hydrogen-bond donors (Lipinski definition) is 0. The molecule has 0 aromatic rings.